The van der Waals surface area contributed by atoms with E-state index in [0.29, 0.717) is 37.3 Å². The van der Waals surface area contributed by atoms with Gasteiger partial charge in [0.05, 0.1) is 5.56 Å². The molecule has 1 saturated heterocycles. The summed E-state index contributed by atoms with van der Waals surface area (Å²) in [5.41, 5.74) is 0.505. The lowest BCUT2D eigenvalue weighted by molar-refractivity contribution is -0.137. The van der Waals surface area contributed by atoms with Crippen molar-refractivity contribution >= 4 is 5.91 Å². The van der Waals surface area contributed by atoms with Gasteiger partial charge in [0.2, 0.25) is 0 Å². The van der Waals surface area contributed by atoms with Crippen molar-refractivity contribution in [3.8, 4) is 0 Å². The molecule has 1 atom stereocenters. The highest BCUT2D eigenvalue weighted by Gasteiger charge is 2.32. The Morgan fingerprint density at radius 2 is 1.97 bits per heavy atom. The van der Waals surface area contributed by atoms with Gasteiger partial charge < -0.3 is 14.4 Å². The second kappa shape index (κ2) is 7.82. The Hall–Kier alpha value is -2.35. The summed E-state index contributed by atoms with van der Waals surface area (Å²) in [6, 6.07) is 5.56. The van der Waals surface area contributed by atoms with E-state index in [1.54, 1.807) is 12.3 Å². The number of carbonyl (C=O) groups excluding carboxylic acids is 1. The predicted molar refractivity (Wildman–Crippen MR) is 103 cm³/mol. The maximum absolute atomic E-state index is 13.0. The lowest BCUT2D eigenvalue weighted by atomic mass is 9.90. The summed E-state index contributed by atoms with van der Waals surface area (Å²) < 4.78 is 41.0. The largest absolute Gasteiger partial charge is 0.416 e. The summed E-state index contributed by atoms with van der Waals surface area (Å²) in [4.78, 5) is 21.5. The number of nitrogens with zero attached hydrogens (tertiary/aromatic N) is 4. The van der Waals surface area contributed by atoms with Crippen LogP contribution < -0.4 is 0 Å². The number of aryl methyl sites for hydroxylation is 1. The molecule has 0 saturated carbocycles. The van der Waals surface area contributed by atoms with Gasteiger partial charge in [-0.3, -0.25) is 4.79 Å². The number of likely N-dealkylation sites (N-methyl/N-ethyl adjacent to an activating group) is 1. The van der Waals surface area contributed by atoms with Crippen LogP contribution in [0.15, 0.2) is 30.5 Å². The molecule has 1 fully saturated rings. The van der Waals surface area contributed by atoms with Crippen molar-refractivity contribution in [3.63, 3.8) is 0 Å². The number of rotatable bonds is 3. The lowest BCUT2D eigenvalue weighted by Gasteiger charge is -2.33. The first kappa shape index (κ1) is 19.9. The number of benzene rings is 1. The molecule has 29 heavy (non-hydrogen) atoms. The van der Waals surface area contributed by atoms with Gasteiger partial charge in [-0.15, -0.1) is 0 Å². The summed E-state index contributed by atoms with van der Waals surface area (Å²) in [5.74, 6) is 0.761. The minimum absolute atomic E-state index is 0.0185. The molecule has 0 aliphatic carbocycles. The monoisotopic (exact) mass is 406 g/mol. The molecule has 1 aromatic carbocycles. The Labute approximate surface area is 168 Å². The smallest absolute Gasteiger partial charge is 0.335 e. The van der Waals surface area contributed by atoms with E-state index in [4.69, 9.17) is 0 Å². The Bertz CT molecular complexity index is 884. The number of alkyl halides is 3. The van der Waals surface area contributed by atoms with Crippen molar-refractivity contribution in [2.45, 2.75) is 38.4 Å². The average molecular weight is 406 g/mol. The molecule has 0 unspecified atom stereocenters. The SMILES string of the molecule is CCN1CCN(C(=O)c2cn3c(n2)CC[C@@H](c2cccc(C(F)(F)F)c2)C3)CC1. The molecule has 5 nitrogen and oxygen atoms in total. The predicted octanol–water partition coefficient (Wildman–Crippen LogP) is 3.41. The topological polar surface area (TPSA) is 41.4 Å². The van der Waals surface area contributed by atoms with Crippen LogP contribution in [0, 0.1) is 0 Å². The Morgan fingerprint density at radius 1 is 1.21 bits per heavy atom. The Balaban J connectivity index is 1.47. The van der Waals surface area contributed by atoms with Crippen LogP contribution in [0.5, 0.6) is 0 Å². The van der Waals surface area contributed by atoms with E-state index in [9.17, 15) is 18.0 Å². The van der Waals surface area contributed by atoms with E-state index in [1.807, 2.05) is 9.47 Å². The van der Waals surface area contributed by atoms with Crippen LogP contribution in [0.25, 0.3) is 0 Å². The van der Waals surface area contributed by atoms with Crippen LogP contribution in [0.2, 0.25) is 0 Å². The minimum Gasteiger partial charge on any atom is -0.335 e. The van der Waals surface area contributed by atoms with Crippen LogP contribution in [-0.2, 0) is 19.1 Å². The molecule has 3 heterocycles. The normalized spacial score (nSPS) is 20.6. The summed E-state index contributed by atoms with van der Waals surface area (Å²) in [7, 11) is 0. The summed E-state index contributed by atoms with van der Waals surface area (Å²) in [6.07, 6.45) is -1.20. The van der Waals surface area contributed by atoms with Gasteiger partial charge in [-0.05, 0) is 24.6 Å². The number of carbonyl (C=O) groups is 1. The third kappa shape index (κ3) is 4.17. The molecule has 0 bridgehead atoms. The number of aromatic nitrogens is 2. The van der Waals surface area contributed by atoms with Gasteiger partial charge >= 0.3 is 6.18 Å². The first-order valence-corrected chi connectivity index (χ1v) is 10.1. The van der Waals surface area contributed by atoms with Crippen molar-refractivity contribution in [2.75, 3.05) is 32.7 Å². The molecule has 0 N–H and O–H groups in total. The average Bonchev–Trinajstić information content (AvgIpc) is 3.16. The quantitative estimate of drug-likeness (QED) is 0.785. The van der Waals surface area contributed by atoms with Crippen LogP contribution in [0.4, 0.5) is 13.2 Å². The summed E-state index contributed by atoms with van der Waals surface area (Å²) in [6.45, 7) is 6.77. The third-order valence-electron chi connectivity index (χ3n) is 6.00. The standard InChI is InChI=1S/C21H25F3N4O/c1-2-26-8-10-27(11-9-26)20(29)18-14-28-13-16(6-7-19(28)25-18)15-4-3-5-17(12-15)21(22,23)24/h3-5,12,14,16H,2,6-11,13H2,1H3/t16-/m1/s1. The fourth-order valence-corrected chi connectivity index (χ4v) is 4.22. The van der Waals surface area contributed by atoms with Crippen molar-refractivity contribution in [2.24, 2.45) is 0 Å². The Kier molecular flexibility index (Phi) is 5.38. The van der Waals surface area contributed by atoms with E-state index < -0.39 is 11.7 Å². The van der Waals surface area contributed by atoms with Crippen LogP contribution >= 0.6 is 0 Å². The van der Waals surface area contributed by atoms with Crippen LogP contribution in [-0.4, -0.2) is 58.0 Å². The number of fused-ring (bicyclic) bond motifs is 1. The number of piperazine rings is 1. The number of hydrogen-bond acceptors (Lipinski definition) is 3. The number of imidazole rings is 1. The van der Waals surface area contributed by atoms with Gasteiger partial charge in [0, 0.05) is 51.3 Å². The van der Waals surface area contributed by atoms with Crippen LogP contribution in [0.3, 0.4) is 0 Å². The molecule has 2 aromatic rings. The van der Waals surface area contributed by atoms with Gasteiger partial charge in [-0.1, -0.05) is 25.1 Å². The van der Waals surface area contributed by atoms with Gasteiger partial charge in [0.1, 0.15) is 11.5 Å². The second-order valence-electron chi connectivity index (χ2n) is 7.78. The fourth-order valence-electron chi connectivity index (χ4n) is 4.22. The molecule has 156 valence electrons. The minimum atomic E-state index is -4.34. The van der Waals surface area contributed by atoms with Gasteiger partial charge in [0.15, 0.2) is 0 Å². The summed E-state index contributed by atoms with van der Waals surface area (Å²) in [5, 5.41) is 0. The van der Waals surface area contributed by atoms with Crippen molar-refractivity contribution < 1.29 is 18.0 Å². The molecule has 8 heteroatoms. The number of hydrogen-bond donors (Lipinski definition) is 0. The highest BCUT2D eigenvalue weighted by molar-refractivity contribution is 5.92. The zero-order valence-electron chi connectivity index (χ0n) is 16.5. The number of amides is 1. The number of halogens is 3. The first-order valence-electron chi connectivity index (χ1n) is 10.1. The van der Waals surface area contributed by atoms with Gasteiger partial charge in [0.25, 0.3) is 5.91 Å². The van der Waals surface area contributed by atoms with Gasteiger partial charge in [-0.2, -0.15) is 13.2 Å². The van der Waals surface area contributed by atoms with Crippen molar-refractivity contribution in [1.29, 1.82) is 0 Å². The molecule has 1 amide bonds. The van der Waals surface area contributed by atoms with E-state index >= 15 is 0 Å². The van der Waals surface area contributed by atoms with E-state index in [1.165, 1.54) is 12.1 Å². The molecule has 4 rings (SSSR count). The fraction of sp³-hybridized carbons (Fsp3) is 0.524. The molecular formula is C21H25F3N4O. The molecule has 0 radical (unpaired) electrons. The highest BCUT2D eigenvalue weighted by Crippen LogP contribution is 2.34. The van der Waals surface area contributed by atoms with E-state index in [0.717, 1.165) is 37.9 Å². The van der Waals surface area contributed by atoms with E-state index in [2.05, 4.69) is 16.8 Å². The maximum atomic E-state index is 13.0. The zero-order valence-corrected chi connectivity index (χ0v) is 16.5. The second-order valence-corrected chi connectivity index (χ2v) is 7.78. The molecule has 1 aromatic heterocycles. The zero-order chi connectivity index (χ0) is 20.6. The molecule has 0 spiro atoms. The molecule has 2 aliphatic rings. The van der Waals surface area contributed by atoms with Crippen molar-refractivity contribution in [3.05, 3.63) is 53.1 Å². The first-order chi connectivity index (χ1) is 13.8. The molecule has 2 aliphatic heterocycles. The van der Waals surface area contributed by atoms with E-state index in [-0.39, 0.29) is 11.8 Å². The third-order valence-corrected chi connectivity index (χ3v) is 6.00. The highest BCUT2D eigenvalue weighted by atomic mass is 19.4. The summed E-state index contributed by atoms with van der Waals surface area (Å²) >= 11 is 0. The lowest BCUT2D eigenvalue weighted by Crippen LogP contribution is -2.48. The maximum Gasteiger partial charge on any atom is 0.416 e. The molecular weight excluding hydrogens is 381 g/mol. The van der Waals surface area contributed by atoms with Crippen LogP contribution in [0.1, 0.15) is 46.7 Å². The van der Waals surface area contributed by atoms with Gasteiger partial charge in [-0.25, -0.2) is 4.98 Å². The Morgan fingerprint density at radius 3 is 2.66 bits per heavy atom. The van der Waals surface area contributed by atoms with Crippen molar-refractivity contribution in [1.82, 2.24) is 19.4 Å².